The fourth-order valence-electron chi connectivity index (χ4n) is 2.30. The number of hydrogen-bond acceptors (Lipinski definition) is 3. The average molecular weight is 263 g/mol. The van der Waals surface area contributed by atoms with Gasteiger partial charge in [-0.2, -0.15) is 0 Å². The molecule has 0 heterocycles. The van der Waals surface area contributed by atoms with Gasteiger partial charge in [0.05, 0.1) is 0 Å². The third-order valence-corrected chi connectivity index (χ3v) is 2.97. The lowest BCUT2D eigenvalue weighted by Crippen LogP contribution is -2.35. The van der Waals surface area contributed by atoms with Gasteiger partial charge in [-0.05, 0) is 18.0 Å². The zero-order valence-electron chi connectivity index (χ0n) is 12.3. The Morgan fingerprint density at radius 3 is 2.37 bits per heavy atom. The Bertz CT molecular complexity index is 409. The van der Waals surface area contributed by atoms with Gasteiger partial charge in [-0.1, -0.05) is 56.3 Å². The number of rotatable bonds is 5. The molecule has 0 saturated carbocycles. The molecule has 19 heavy (non-hydrogen) atoms. The smallest absolute Gasteiger partial charge is 0.141 e. The van der Waals surface area contributed by atoms with Crippen molar-refractivity contribution >= 4 is 5.84 Å². The highest BCUT2D eigenvalue weighted by Gasteiger charge is 2.23. The summed E-state index contributed by atoms with van der Waals surface area (Å²) in [5.41, 5.74) is 7.07. The van der Waals surface area contributed by atoms with Crippen LogP contribution >= 0.6 is 0 Å². The SMILES string of the molecule is CN(CC(C)(C)C)C(CC(N)=NO)c1ccccc1. The first-order valence-corrected chi connectivity index (χ1v) is 6.55. The molecule has 0 saturated heterocycles. The van der Waals surface area contributed by atoms with Crippen molar-refractivity contribution in [2.75, 3.05) is 13.6 Å². The Morgan fingerprint density at radius 2 is 1.89 bits per heavy atom. The number of oxime groups is 1. The van der Waals surface area contributed by atoms with Gasteiger partial charge in [-0.25, -0.2) is 0 Å². The van der Waals surface area contributed by atoms with E-state index in [-0.39, 0.29) is 17.3 Å². The lowest BCUT2D eigenvalue weighted by atomic mass is 9.93. The van der Waals surface area contributed by atoms with E-state index in [9.17, 15) is 0 Å². The quantitative estimate of drug-likeness (QED) is 0.371. The van der Waals surface area contributed by atoms with Crippen LogP contribution in [-0.2, 0) is 0 Å². The molecule has 0 aliphatic rings. The lowest BCUT2D eigenvalue weighted by Gasteiger charge is -2.33. The summed E-state index contributed by atoms with van der Waals surface area (Å²) in [5, 5.41) is 11.9. The van der Waals surface area contributed by atoms with Gasteiger partial charge in [-0.15, -0.1) is 0 Å². The summed E-state index contributed by atoms with van der Waals surface area (Å²) in [5.74, 6) is 0.259. The van der Waals surface area contributed by atoms with Crippen molar-refractivity contribution in [3.05, 3.63) is 35.9 Å². The maximum Gasteiger partial charge on any atom is 0.141 e. The van der Waals surface area contributed by atoms with Gasteiger partial charge in [-0.3, -0.25) is 4.90 Å². The zero-order valence-corrected chi connectivity index (χ0v) is 12.3. The van der Waals surface area contributed by atoms with Crippen LogP contribution in [0.5, 0.6) is 0 Å². The molecule has 1 aromatic carbocycles. The number of nitrogens with two attached hydrogens (primary N) is 1. The number of hydrogen-bond donors (Lipinski definition) is 2. The van der Waals surface area contributed by atoms with Gasteiger partial charge in [0.25, 0.3) is 0 Å². The largest absolute Gasteiger partial charge is 0.409 e. The second kappa shape index (κ2) is 6.57. The minimum Gasteiger partial charge on any atom is -0.409 e. The highest BCUT2D eigenvalue weighted by Crippen LogP contribution is 2.26. The van der Waals surface area contributed by atoms with E-state index in [0.717, 1.165) is 6.54 Å². The van der Waals surface area contributed by atoms with Crippen molar-refractivity contribution < 1.29 is 5.21 Å². The summed E-state index contributed by atoms with van der Waals surface area (Å²) in [4.78, 5) is 2.26. The Hall–Kier alpha value is -1.55. The highest BCUT2D eigenvalue weighted by molar-refractivity contribution is 5.80. The van der Waals surface area contributed by atoms with E-state index in [0.29, 0.717) is 6.42 Å². The third-order valence-electron chi connectivity index (χ3n) is 2.97. The fraction of sp³-hybridized carbons (Fsp3) is 0.533. The molecule has 0 bridgehead atoms. The van der Waals surface area contributed by atoms with Crippen LogP contribution < -0.4 is 5.73 Å². The Labute approximate surface area is 115 Å². The van der Waals surface area contributed by atoms with Gasteiger partial charge in [0.1, 0.15) is 5.84 Å². The van der Waals surface area contributed by atoms with E-state index in [2.05, 4.69) is 50.0 Å². The molecule has 0 fully saturated rings. The van der Waals surface area contributed by atoms with E-state index < -0.39 is 0 Å². The Balaban J connectivity index is 2.93. The lowest BCUT2D eigenvalue weighted by molar-refractivity contribution is 0.174. The van der Waals surface area contributed by atoms with Gasteiger partial charge in [0.15, 0.2) is 0 Å². The molecule has 1 rings (SSSR count). The van der Waals surface area contributed by atoms with Crippen LogP contribution in [-0.4, -0.2) is 29.5 Å². The van der Waals surface area contributed by atoms with E-state index in [4.69, 9.17) is 10.9 Å². The molecule has 3 N–H and O–H groups in total. The first kappa shape index (κ1) is 15.5. The van der Waals surface area contributed by atoms with Crippen LogP contribution in [0, 0.1) is 5.41 Å². The number of amidine groups is 1. The summed E-state index contributed by atoms with van der Waals surface area (Å²) in [6, 6.07) is 10.3. The summed E-state index contributed by atoms with van der Waals surface area (Å²) < 4.78 is 0. The molecule has 1 unspecified atom stereocenters. The van der Waals surface area contributed by atoms with Gasteiger partial charge in [0.2, 0.25) is 0 Å². The number of benzene rings is 1. The molecule has 0 aliphatic heterocycles. The second-order valence-electron chi connectivity index (χ2n) is 6.20. The number of nitrogens with zero attached hydrogens (tertiary/aromatic N) is 2. The Kier molecular flexibility index (Phi) is 5.36. The minimum absolute atomic E-state index is 0.122. The van der Waals surface area contributed by atoms with Crippen molar-refractivity contribution in [2.24, 2.45) is 16.3 Å². The van der Waals surface area contributed by atoms with E-state index in [1.54, 1.807) is 0 Å². The van der Waals surface area contributed by atoms with Crippen molar-refractivity contribution in [3.63, 3.8) is 0 Å². The maximum absolute atomic E-state index is 8.79. The van der Waals surface area contributed by atoms with Gasteiger partial charge in [0, 0.05) is 19.0 Å². The van der Waals surface area contributed by atoms with Crippen LogP contribution in [0.4, 0.5) is 0 Å². The van der Waals surface area contributed by atoms with E-state index >= 15 is 0 Å². The van der Waals surface area contributed by atoms with Crippen LogP contribution in [0.2, 0.25) is 0 Å². The van der Waals surface area contributed by atoms with E-state index in [1.165, 1.54) is 5.56 Å². The normalized spacial score (nSPS) is 14.7. The molecule has 4 nitrogen and oxygen atoms in total. The molecular formula is C15H25N3O. The summed E-state index contributed by atoms with van der Waals surface area (Å²) in [6.45, 7) is 7.55. The summed E-state index contributed by atoms with van der Waals surface area (Å²) >= 11 is 0. The molecule has 106 valence electrons. The Morgan fingerprint density at radius 1 is 1.32 bits per heavy atom. The molecule has 0 amide bonds. The third kappa shape index (κ3) is 5.30. The van der Waals surface area contributed by atoms with Crippen molar-refractivity contribution in [1.82, 2.24) is 4.90 Å². The molecule has 1 aromatic rings. The monoisotopic (exact) mass is 263 g/mol. The van der Waals surface area contributed by atoms with Crippen LogP contribution in [0.1, 0.15) is 38.8 Å². The van der Waals surface area contributed by atoms with Crippen molar-refractivity contribution in [1.29, 1.82) is 0 Å². The first-order chi connectivity index (χ1) is 8.83. The van der Waals surface area contributed by atoms with Gasteiger partial charge >= 0.3 is 0 Å². The predicted molar refractivity (Wildman–Crippen MR) is 79.3 cm³/mol. The summed E-state index contributed by atoms with van der Waals surface area (Å²) in [7, 11) is 2.08. The van der Waals surface area contributed by atoms with Crippen molar-refractivity contribution in [2.45, 2.75) is 33.2 Å². The molecule has 0 spiro atoms. The minimum atomic E-state index is 0.122. The fourth-order valence-corrected chi connectivity index (χ4v) is 2.30. The standard InChI is InChI=1S/C15H25N3O/c1-15(2,3)11-18(4)13(10-14(16)17-19)12-8-6-5-7-9-12/h5-9,13,19H,10-11H2,1-4H3,(H2,16,17). The predicted octanol–water partition coefficient (Wildman–Crippen LogP) is 2.84. The maximum atomic E-state index is 8.79. The molecule has 0 radical (unpaired) electrons. The molecule has 4 heteroatoms. The van der Waals surface area contributed by atoms with Crippen LogP contribution in [0.3, 0.4) is 0 Å². The molecular weight excluding hydrogens is 238 g/mol. The molecule has 0 aromatic heterocycles. The average Bonchev–Trinajstić information content (AvgIpc) is 2.34. The zero-order chi connectivity index (χ0) is 14.5. The van der Waals surface area contributed by atoms with Gasteiger partial charge < -0.3 is 10.9 Å². The second-order valence-corrected chi connectivity index (χ2v) is 6.20. The van der Waals surface area contributed by atoms with E-state index in [1.807, 2.05) is 18.2 Å². The summed E-state index contributed by atoms with van der Waals surface area (Å²) in [6.07, 6.45) is 0.521. The topological polar surface area (TPSA) is 61.8 Å². The molecule has 0 aliphatic carbocycles. The molecule has 1 atom stereocenters. The van der Waals surface area contributed by atoms with Crippen molar-refractivity contribution in [3.8, 4) is 0 Å². The van der Waals surface area contributed by atoms with Crippen LogP contribution in [0.15, 0.2) is 35.5 Å². The van der Waals surface area contributed by atoms with Crippen LogP contribution in [0.25, 0.3) is 0 Å². The first-order valence-electron chi connectivity index (χ1n) is 6.55. The highest BCUT2D eigenvalue weighted by atomic mass is 16.4.